The Bertz CT molecular complexity index is 1310. The Morgan fingerprint density at radius 2 is 1.44 bits per heavy atom. The lowest BCUT2D eigenvalue weighted by Crippen LogP contribution is -2.51. The van der Waals surface area contributed by atoms with Crippen molar-refractivity contribution in [2.24, 2.45) is 5.92 Å². The fourth-order valence-corrected chi connectivity index (χ4v) is 4.39. The number of methoxy groups -OCH3 is 2. The molecule has 0 spiro atoms. The molecule has 3 rings (SSSR count). The number of aliphatic hydroxyl groups is 1. The summed E-state index contributed by atoms with van der Waals surface area (Å²) < 4.78 is 21.3. The van der Waals surface area contributed by atoms with Gasteiger partial charge in [0.25, 0.3) is 5.91 Å². The highest BCUT2D eigenvalue weighted by Gasteiger charge is 2.29. The van der Waals surface area contributed by atoms with Crippen LogP contribution in [0.5, 0.6) is 11.5 Å². The topological polar surface area (TPSA) is 115 Å². The van der Waals surface area contributed by atoms with Crippen LogP contribution in [0.3, 0.4) is 0 Å². The summed E-state index contributed by atoms with van der Waals surface area (Å²) >= 11 is 0. The van der Waals surface area contributed by atoms with Crippen LogP contribution in [0.1, 0.15) is 37.0 Å². The molecule has 0 radical (unpaired) electrons. The molecule has 9 heteroatoms. The smallest absolute Gasteiger partial charge is 0.251 e. The second-order valence-electron chi connectivity index (χ2n) is 10.5. The quantitative estimate of drug-likeness (QED) is 0.157. The summed E-state index contributed by atoms with van der Waals surface area (Å²) in [5.74, 6) is 0.134. The zero-order chi connectivity index (χ0) is 31.0. The molecule has 2 atom stereocenters. The first-order chi connectivity index (χ1) is 20.8. The fraction of sp³-hybridized carbons (Fsp3) is 0.353. The number of aliphatic hydroxyl groups excluding tert-OH is 1. The molecular weight excluding hydrogens is 548 g/mol. The van der Waals surface area contributed by atoms with Gasteiger partial charge in [-0.25, -0.2) is 0 Å². The number of hydrogen-bond donors (Lipinski definition) is 3. The summed E-state index contributed by atoms with van der Waals surface area (Å²) in [6.45, 7) is 4.36. The number of hydrogen-bond acceptors (Lipinski definition) is 7. The summed E-state index contributed by atoms with van der Waals surface area (Å²) in [7, 11) is 3.05. The van der Waals surface area contributed by atoms with Crippen molar-refractivity contribution in [3.05, 3.63) is 101 Å². The van der Waals surface area contributed by atoms with E-state index in [0.717, 1.165) is 11.1 Å². The first kappa shape index (κ1) is 33.3. The second kappa shape index (κ2) is 17.7. The first-order valence-electron chi connectivity index (χ1n) is 14.2. The summed E-state index contributed by atoms with van der Waals surface area (Å²) in [6, 6.07) is 23.3. The molecule has 9 nitrogen and oxygen atoms in total. The molecule has 3 aromatic rings. The molecule has 0 aliphatic rings. The van der Waals surface area contributed by atoms with Gasteiger partial charge in [-0.05, 0) is 53.7 Å². The molecule has 3 aromatic carbocycles. The first-order valence-corrected chi connectivity index (χ1v) is 14.2. The molecule has 0 fully saturated rings. The van der Waals surface area contributed by atoms with Crippen molar-refractivity contribution in [2.45, 2.75) is 45.4 Å². The Morgan fingerprint density at radius 3 is 2.05 bits per heavy atom. The van der Waals surface area contributed by atoms with E-state index in [4.69, 9.17) is 18.9 Å². The van der Waals surface area contributed by atoms with E-state index in [-0.39, 0.29) is 38.4 Å². The van der Waals surface area contributed by atoms with E-state index < -0.39 is 18.1 Å². The van der Waals surface area contributed by atoms with Gasteiger partial charge in [-0.1, -0.05) is 80.6 Å². The van der Waals surface area contributed by atoms with Gasteiger partial charge in [-0.15, -0.1) is 0 Å². The van der Waals surface area contributed by atoms with E-state index in [2.05, 4.69) is 10.6 Å². The Kier molecular flexibility index (Phi) is 13.7. The van der Waals surface area contributed by atoms with E-state index in [1.807, 2.05) is 80.6 Å². The maximum atomic E-state index is 13.7. The third kappa shape index (κ3) is 11.2. The van der Waals surface area contributed by atoms with Crippen molar-refractivity contribution >= 4 is 17.9 Å². The number of benzene rings is 3. The van der Waals surface area contributed by atoms with E-state index in [1.165, 1.54) is 14.2 Å². The predicted molar refractivity (Wildman–Crippen MR) is 165 cm³/mol. The molecule has 0 bridgehead atoms. The van der Waals surface area contributed by atoms with Crippen molar-refractivity contribution in [1.29, 1.82) is 0 Å². The van der Waals surface area contributed by atoms with Gasteiger partial charge in [0.2, 0.25) is 5.91 Å². The number of ether oxygens (including phenoxy) is 4. The third-order valence-electron chi connectivity index (χ3n) is 6.47. The highest BCUT2D eigenvalue weighted by Crippen LogP contribution is 2.30. The Balaban J connectivity index is 1.85. The number of rotatable bonds is 17. The van der Waals surface area contributed by atoms with Gasteiger partial charge >= 0.3 is 0 Å². The zero-order valence-electron chi connectivity index (χ0n) is 25.2. The number of carbonyl (C=O) groups excluding carboxylic acids is 2. The van der Waals surface area contributed by atoms with Crippen LogP contribution in [-0.4, -0.2) is 56.9 Å². The van der Waals surface area contributed by atoms with Crippen molar-refractivity contribution in [2.75, 3.05) is 27.8 Å². The summed E-state index contributed by atoms with van der Waals surface area (Å²) in [5.41, 5.74) is 2.99. The Morgan fingerprint density at radius 1 is 0.837 bits per heavy atom. The summed E-state index contributed by atoms with van der Waals surface area (Å²) in [5, 5.41) is 16.9. The molecule has 0 aliphatic heterocycles. The van der Waals surface area contributed by atoms with Gasteiger partial charge in [-0.2, -0.15) is 0 Å². The highest BCUT2D eigenvalue weighted by molar-refractivity contribution is 5.98. The van der Waals surface area contributed by atoms with Crippen molar-refractivity contribution in [3.63, 3.8) is 0 Å². The average molecular weight is 591 g/mol. The van der Waals surface area contributed by atoms with Crippen molar-refractivity contribution in [1.82, 2.24) is 10.6 Å². The molecule has 0 aromatic heterocycles. The van der Waals surface area contributed by atoms with Crippen LogP contribution in [0.2, 0.25) is 0 Å². The zero-order valence-corrected chi connectivity index (χ0v) is 25.2. The monoisotopic (exact) mass is 590 g/mol. The largest absolute Gasteiger partial charge is 0.464 e. The van der Waals surface area contributed by atoms with Crippen LogP contribution in [0, 0.1) is 5.92 Å². The Hall–Kier alpha value is -4.18. The second-order valence-corrected chi connectivity index (χ2v) is 10.5. The lowest BCUT2D eigenvalue weighted by atomic mass is 9.97. The van der Waals surface area contributed by atoms with Gasteiger partial charge < -0.3 is 34.7 Å². The van der Waals surface area contributed by atoms with Crippen molar-refractivity contribution in [3.8, 4) is 11.5 Å². The van der Waals surface area contributed by atoms with Gasteiger partial charge in [0.1, 0.15) is 0 Å². The Labute approximate surface area is 253 Å². The van der Waals surface area contributed by atoms with Crippen LogP contribution >= 0.6 is 0 Å². The van der Waals surface area contributed by atoms with E-state index in [9.17, 15) is 14.7 Å². The van der Waals surface area contributed by atoms with E-state index in [1.54, 1.807) is 18.2 Å². The molecule has 0 aliphatic carbocycles. The van der Waals surface area contributed by atoms with Crippen molar-refractivity contribution < 1.29 is 33.6 Å². The number of carbonyl (C=O) groups is 2. The third-order valence-corrected chi connectivity index (χ3v) is 6.47. The molecule has 43 heavy (non-hydrogen) atoms. The minimum absolute atomic E-state index is 0.0151. The lowest BCUT2D eigenvalue weighted by Gasteiger charge is -2.25. The van der Waals surface area contributed by atoms with Crippen LogP contribution in [0.25, 0.3) is 6.08 Å². The minimum atomic E-state index is -1.47. The normalized spacial score (nSPS) is 12.8. The number of amides is 2. The van der Waals surface area contributed by atoms with E-state index >= 15 is 0 Å². The van der Waals surface area contributed by atoms with Gasteiger partial charge in [0.05, 0.1) is 6.04 Å². The van der Waals surface area contributed by atoms with Crippen LogP contribution in [0.15, 0.2) is 84.4 Å². The molecule has 3 N–H and O–H groups in total. The summed E-state index contributed by atoms with van der Waals surface area (Å²) in [4.78, 5) is 26.8. The lowest BCUT2D eigenvalue weighted by molar-refractivity contribution is -0.131. The fourth-order valence-electron chi connectivity index (χ4n) is 4.39. The van der Waals surface area contributed by atoms with Gasteiger partial charge in [0, 0.05) is 26.3 Å². The van der Waals surface area contributed by atoms with Gasteiger partial charge in [0.15, 0.2) is 31.2 Å². The molecular formula is C34H42N2O7. The van der Waals surface area contributed by atoms with Crippen LogP contribution in [-0.2, 0) is 32.0 Å². The molecule has 0 saturated heterocycles. The standard InChI is InChI=1S/C34H42N2O7/c1-24(2)17-28(18-27-15-16-30(42-22-40-3)31(20-27)43-23-41-4)33(38)36-29(19-25-11-7-5-8-12-25)32(37)34(39)35-21-26-13-9-6-10-14-26/h5-16,18,20,24,29,32,37H,17,19,21-23H2,1-4H3,(H,35,39)(H,36,38)/b28-18+/t29-,32?/m0/s1. The maximum Gasteiger partial charge on any atom is 0.251 e. The van der Waals surface area contributed by atoms with E-state index in [0.29, 0.717) is 29.1 Å². The SMILES string of the molecule is COCOc1ccc(/C=C(\CC(C)C)C(=O)N[C@@H](Cc2ccccc2)C(O)C(=O)NCc2ccccc2)cc1OCOC. The molecule has 2 amide bonds. The van der Waals surface area contributed by atoms with Gasteiger partial charge in [-0.3, -0.25) is 9.59 Å². The molecule has 1 unspecified atom stereocenters. The maximum absolute atomic E-state index is 13.7. The summed E-state index contributed by atoms with van der Waals surface area (Å²) in [6.07, 6.45) is 1.04. The molecule has 0 saturated carbocycles. The number of nitrogens with one attached hydrogen (secondary N) is 2. The minimum Gasteiger partial charge on any atom is -0.464 e. The predicted octanol–water partition coefficient (Wildman–Crippen LogP) is 4.49. The average Bonchev–Trinajstić information content (AvgIpc) is 3.01. The molecule has 230 valence electrons. The van der Waals surface area contributed by atoms with Crippen LogP contribution in [0.4, 0.5) is 0 Å². The highest BCUT2D eigenvalue weighted by atomic mass is 16.7. The molecule has 0 heterocycles. The van der Waals surface area contributed by atoms with Crippen LogP contribution < -0.4 is 20.1 Å².